The Morgan fingerprint density at radius 3 is 2.50 bits per heavy atom. The molecule has 0 aliphatic heterocycles. The molecule has 0 unspecified atom stereocenters. The van der Waals surface area contributed by atoms with Gasteiger partial charge < -0.3 is 19.8 Å². The fourth-order valence-corrected chi connectivity index (χ4v) is 2.35. The summed E-state index contributed by atoms with van der Waals surface area (Å²) in [5.74, 6) is 2.23. The Bertz CT molecular complexity index is 780. The van der Waals surface area contributed by atoms with E-state index in [-0.39, 0.29) is 5.91 Å². The van der Waals surface area contributed by atoms with Crippen molar-refractivity contribution < 1.29 is 4.79 Å². The fourth-order valence-electron chi connectivity index (χ4n) is 2.35. The molecule has 3 heterocycles. The largest absolute Gasteiger partial charge is 0.368 e. The second-order valence-corrected chi connectivity index (χ2v) is 5.38. The van der Waals surface area contributed by atoms with Crippen LogP contribution in [0.15, 0.2) is 55.1 Å². The third-order valence-corrected chi connectivity index (χ3v) is 3.44. The van der Waals surface area contributed by atoms with Gasteiger partial charge in [0.2, 0.25) is 5.91 Å². The van der Waals surface area contributed by atoms with Crippen LogP contribution >= 0.6 is 0 Å². The molecule has 0 atom stereocenters. The number of hydrogen-bond acceptors (Lipinski definition) is 4. The van der Waals surface area contributed by atoms with Crippen molar-refractivity contribution in [1.82, 2.24) is 24.4 Å². The van der Waals surface area contributed by atoms with Gasteiger partial charge >= 0.3 is 0 Å². The predicted molar refractivity (Wildman–Crippen MR) is 92.0 cm³/mol. The highest BCUT2D eigenvalue weighted by molar-refractivity contribution is 5.75. The maximum Gasteiger partial charge on any atom is 0.239 e. The van der Waals surface area contributed by atoms with Gasteiger partial charge in [-0.3, -0.25) is 4.79 Å². The van der Waals surface area contributed by atoms with Crippen LogP contribution in [0.2, 0.25) is 0 Å². The maximum atomic E-state index is 11.8. The minimum absolute atomic E-state index is 0.0140. The monoisotopic (exact) mass is 324 g/mol. The molecule has 0 aliphatic carbocycles. The number of carbonyl (C=O) groups is 1. The Labute approximate surface area is 140 Å². The van der Waals surface area contributed by atoms with Crippen molar-refractivity contribution in [3.05, 3.63) is 60.9 Å². The van der Waals surface area contributed by atoms with Crippen LogP contribution in [0.5, 0.6) is 0 Å². The van der Waals surface area contributed by atoms with Crippen molar-refractivity contribution in [3.63, 3.8) is 0 Å². The highest BCUT2D eigenvalue weighted by Crippen LogP contribution is 2.10. The Hall–Kier alpha value is -3.09. The molecule has 1 amide bonds. The molecule has 7 nitrogen and oxygen atoms in total. The number of amides is 1. The van der Waals surface area contributed by atoms with E-state index in [1.165, 1.54) is 0 Å². The summed E-state index contributed by atoms with van der Waals surface area (Å²) in [4.78, 5) is 20.6. The summed E-state index contributed by atoms with van der Waals surface area (Å²) < 4.78 is 3.76. The first-order valence-electron chi connectivity index (χ1n) is 7.81. The van der Waals surface area contributed by atoms with Gasteiger partial charge in [-0.2, -0.15) is 0 Å². The van der Waals surface area contributed by atoms with Crippen LogP contribution in [0.3, 0.4) is 0 Å². The van der Waals surface area contributed by atoms with Crippen LogP contribution in [-0.2, 0) is 11.3 Å². The molecule has 24 heavy (non-hydrogen) atoms. The van der Waals surface area contributed by atoms with Gasteiger partial charge in [0.25, 0.3) is 0 Å². The van der Waals surface area contributed by atoms with Gasteiger partial charge in [0.05, 0.1) is 0 Å². The average molecular weight is 324 g/mol. The Morgan fingerprint density at radius 2 is 1.75 bits per heavy atom. The van der Waals surface area contributed by atoms with E-state index < -0.39 is 0 Å². The summed E-state index contributed by atoms with van der Waals surface area (Å²) in [7, 11) is 0. The molecular weight excluding hydrogens is 304 g/mol. The first kappa shape index (κ1) is 15.8. The molecule has 7 heteroatoms. The van der Waals surface area contributed by atoms with Crippen LogP contribution in [0, 0.1) is 6.92 Å². The van der Waals surface area contributed by atoms with E-state index in [2.05, 4.69) is 20.6 Å². The molecule has 0 saturated carbocycles. The Balaban J connectivity index is 1.49. The minimum atomic E-state index is -0.0140. The number of nitrogens with zero attached hydrogens (tertiary/aromatic N) is 4. The van der Waals surface area contributed by atoms with Gasteiger partial charge in [-0.1, -0.05) is 0 Å². The van der Waals surface area contributed by atoms with Gasteiger partial charge in [0, 0.05) is 43.9 Å². The molecule has 124 valence electrons. The predicted octanol–water partition coefficient (Wildman–Crippen LogP) is 1.61. The number of rotatable bonds is 7. The lowest BCUT2D eigenvalue weighted by molar-refractivity contribution is -0.121. The van der Waals surface area contributed by atoms with Crippen LogP contribution in [0.25, 0.3) is 5.82 Å². The van der Waals surface area contributed by atoms with Crippen molar-refractivity contribution in [2.75, 3.05) is 18.4 Å². The molecule has 0 aliphatic rings. The molecule has 0 saturated heterocycles. The van der Waals surface area contributed by atoms with Gasteiger partial charge in [-0.25, -0.2) is 9.97 Å². The Morgan fingerprint density at radius 1 is 1.04 bits per heavy atom. The van der Waals surface area contributed by atoms with E-state index >= 15 is 0 Å². The molecule has 0 aromatic carbocycles. The maximum absolute atomic E-state index is 11.8. The molecule has 0 fully saturated rings. The highest BCUT2D eigenvalue weighted by Gasteiger charge is 2.04. The van der Waals surface area contributed by atoms with Crippen LogP contribution < -0.4 is 10.6 Å². The van der Waals surface area contributed by atoms with E-state index in [1.807, 2.05) is 71.2 Å². The van der Waals surface area contributed by atoms with E-state index in [0.29, 0.717) is 25.5 Å². The number of hydrogen-bond donors (Lipinski definition) is 2. The molecular formula is C17H20N6O. The van der Waals surface area contributed by atoms with E-state index in [0.717, 1.165) is 11.6 Å². The highest BCUT2D eigenvalue weighted by atomic mass is 16.1. The third-order valence-electron chi connectivity index (χ3n) is 3.44. The zero-order valence-electron chi connectivity index (χ0n) is 13.5. The number of carbonyl (C=O) groups excluding carboxylic acids is 1. The van der Waals surface area contributed by atoms with Gasteiger partial charge in [-0.15, -0.1) is 0 Å². The molecule has 0 radical (unpaired) electrons. The van der Waals surface area contributed by atoms with Crippen LogP contribution in [0.4, 0.5) is 5.82 Å². The molecule has 0 bridgehead atoms. The van der Waals surface area contributed by atoms with Gasteiger partial charge in [0.1, 0.15) is 24.0 Å². The molecule has 3 rings (SSSR count). The van der Waals surface area contributed by atoms with E-state index in [9.17, 15) is 4.79 Å². The van der Waals surface area contributed by atoms with Crippen molar-refractivity contribution in [2.45, 2.75) is 13.5 Å². The molecule has 2 N–H and O–H groups in total. The van der Waals surface area contributed by atoms with Crippen LogP contribution in [0.1, 0.15) is 5.82 Å². The minimum Gasteiger partial charge on any atom is -0.368 e. The summed E-state index contributed by atoms with van der Waals surface area (Å²) >= 11 is 0. The van der Waals surface area contributed by atoms with Gasteiger partial charge in [-0.05, 0) is 31.2 Å². The van der Waals surface area contributed by atoms with Crippen molar-refractivity contribution in [3.8, 4) is 5.82 Å². The number of nitrogens with one attached hydrogen (secondary N) is 2. The van der Waals surface area contributed by atoms with Crippen molar-refractivity contribution in [1.29, 1.82) is 0 Å². The Kier molecular flexibility index (Phi) is 4.90. The lowest BCUT2D eigenvalue weighted by Crippen LogP contribution is -2.31. The standard InChI is InChI=1S/C17H20N6O/c1-14-20-15(12-16(21-14)23-10-4-5-11-23)18-6-7-19-17(24)13-22-8-2-3-9-22/h2-5,8-12H,6-7,13H2,1H3,(H,19,24)(H,18,20,21). The van der Waals surface area contributed by atoms with Gasteiger partial charge in [0.15, 0.2) is 0 Å². The molecule has 3 aromatic heterocycles. The summed E-state index contributed by atoms with van der Waals surface area (Å²) in [6.45, 7) is 3.31. The first-order valence-corrected chi connectivity index (χ1v) is 7.81. The van der Waals surface area contributed by atoms with E-state index in [4.69, 9.17) is 0 Å². The smallest absolute Gasteiger partial charge is 0.239 e. The summed E-state index contributed by atoms with van der Waals surface area (Å²) in [6, 6.07) is 9.58. The number of aryl methyl sites for hydroxylation is 1. The van der Waals surface area contributed by atoms with Crippen LogP contribution in [-0.4, -0.2) is 38.1 Å². The second kappa shape index (κ2) is 7.45. The fraction of sp³-hybridized carbons (Fsp3) is 0.235. The normalized spacial score (nSPS) is 10.5. The topological polar surface area (TPSA) is 76.8 Å². The number of aromatic nitrogens is 4. The zero-order valence-corrected chi connectivity index (χ0v) is 13.5. The quantitative estimate of drug-likeness (QED) is 0.647. The third kappa shape index (κ3) is 4.22. The summed E-state index contributed by atoms with van der Waals surface area (Å²) in [5.41, 5.74) is 0. The van der Waals surface area contributed by atoms with E-state index in [1.54, 1.807) is 0 Å². The summed E-state index contributed by atoms with van der Waals surface area (Å²) in [5, 5.41) is 6.09. The number of anilines is 1. The SMILES string of the molecule is Cc1nc(NCCNC(=O)Cn2cccc2)cc(-n2cccc2)n1. The second-order valence-electron chi connectivity index (χ2n) is 5.38. The lowest BCUT2D eigenvalue weighted by Gasteiger charge is -2.10. The van der Waals surface area contributed by atoms with Crippen molar-refractivity contribution >= 4 is 11.7 Å². The molecule has 3 aromatic rings. The van der Waals surface area contributed by atoms with Crippen molar-refractivity contribution in [2.24, 2.45) is 0 Å². The summed E-state index contributed by atoms with van der Waals surface area (Å²) in [6.07, 6.45) is 7.61. The zero-order chi connectivity index (χ0) is 16.8. The molecule has 0 spiro atoms. The average Bonchev–Trinajstić information content (AvgIpc) is 3.24. The lowest BCUT2D eigenvalue weighted by atomic mass is 10.4. The first-order chi connectivity index (χ1) is 11.7.